The van der Waals surface area contributed by atoms with Gasteiger partial charge in [-0.3, -0.25) is 9.59 Å². The van der Waals surface area contributed by atoms with Crippen molar-refractivity contribution < 1.29 is 19.5 Å². The molecule has 1 fully saturated rings. The molecule has 148 valence electrons. The van der Waals surface area contributed by atoms with Gasteiger partial charge in [-0.15, -0.1) is 0 Å². The number of rotatable bonds is 7. The molecule has 6 heteroatoms. The number of carboxylic acids is 1. The van der Waals surface area contributed by atoms with Crippen LogP contribution in [0.4, 0.5) is 0 Å². The van der Waals surface area contributed by atoms with Crippen molar-refractivity contribution in [3.8, 4) is 0 Å². The van der Waals surface area contributed by atoms with E-state index in [4.69, 9.17) is 0 Å². The number of carboxylic acid groups (broad SMARTS) is 1. The summed E-state index contributed by atoms with van der Waals surface area (Å²) in [5.74, 6) is -1.70. The minimum Gasteiger partial charge on any atom is -0.480 e. The van der Waals surface area contributed by atoms with Crippen LogP contribution in [0.1, 0.15) is 60.5 Å². The first-order valence-electron chi connectivity index (χ1n) is 9.72. The van der Waals surface area contributed by atoms with E-state index in [1.54, 1.807) is 4.90 Å². The molecule has 2 N–H and O–H groups in total. The number of aliphatic carboxylic acids is 1. The third-order valence-corrected chi connectivity index (χ3v) is 5.01. The van der Waals surface area contributed by atoms with Crippen molar-refractivity contribution in [3.05, 3.63) is 34.9 Å². The zero-order valence-electron chi connectivity index (χ0n) is 16.5. The standard InChI is InChI=1S/C21H30N2O4/c1-4-5-8-18(21(26)27)22-19(24)16-7-6-9-23(13-16)20(25)17-11-14(2)10-15(3)12-17/h10-12,16,18H,4-9,13H2,1-3H3,(H,22,24)(H,26,27). The van der Waals surface area contributed by atoms with Crippen molar-refractivity contribution >= 4 is 17.8 Å². The van der Waals surface area contributed by atoms with Gasteiger partial charge in [0.2, 0.25) is 5.91 Å². The topological polar surface area (TPSA) is 86.7 Å². The monoisotopic (exact) mass is 374 g/mol. The number of hydrogen-bond donors (Lipinski definition) is 2. The molecule has 2 rings (SSSR count). The van der Waals surface area contributed by atoms with Gasteiger partial charge >= 0.3 is 5.97 Å². The lowest BCUT2D eigenvalue weighted by Crippen LogP contribution is -2.49. The maximum absolute atomic E-state index is 12.8. The summed E-state index contributed by atoms with van der Waals surface area (Å²) in [6.45, 7) is 6.85. The van der Waals surface area contributed by atoms with Crippen LogP contribution in [-0.2, 0) is 9.59 Å². The fraction of sp³-hybridized carbons (Fsp3) is 0.571. The Kier molecular flexibility index (Phi) is 7.39. The number of benzene rings is 1. The van der Waals surface area contributed by atoms with Gasteiger partial charge in [0.15, 0.2) is 0 Å². The maximum atomic E-state index is 12.8. The summed E-state index contributed by atoms with van der Waals surface area (Å²) in [5, 5.41) is 12.0. The van der Waals surface area contributed by atoms with E-state index < -0.39 is 12.0 Å². The highest BCUT2D eigenvalue weighted by Gasteiger charge is 2.31. The van der Waals surface area contributed by atoms with Crippen molar-refractivity contribution in [1.29, 1.82) is 0 Å². The van der Waals surface area contributed by atoms with Crippen LogP contribution in [0.2, 0.25) is 0 Å². The van der Waals surface area contributed by atoms with Gasteiger partial charge in [-0.05, 0) is 45.2 Å². The predicted octanol–water partition coefficient (Wildman–Crippen LogP) is 2.92. The number of unbranched alkanes of at least 4 members (excludes halogenated alkanes) is 1. The van der Waals surface area contributed by atoms with Crippen LogP contribution < -0.4 is 5.32 Å². The van der Waals surface area contributed by atoms with Crippen LogP contribution in [0.25, 0.3) is 0 Å². The molecule has 0 aromatic heterocycles. The highest BCUT2D eigenvalue weighted by atomic mass is 16.4. The summed E-state index contributed by atoms with van der Waals surface area (Å²) in [4.78, 5) is 38.5. The number of hydrogen-bond acceptors (Lipinski definition) is 3. The summed E-state index contributed by atoms with van der Waals surface area (Å²) in [5.41, 5.74) is 2.70. The molecule has 0 radical (unpaired) electrons. The first-order chi connectivity index (χ1) is 12.8. The lowest BCUT2D eigenvalue weighted by molar-refractivity contribution is -0.143. The minimum atomic E-state index is -1.00. The number of aryl methyl sites for hydroxylation is 2. The molecule has 2 unspecified atom stereocenters. The molecule has 1 aliphatic rings. The number of nitrogens with zero attached hydrogens (tertiary/aromatic N) is 1. The second-order valence-electron chi connectivity index (χ2n) is 7.51. The Morgan fingerprint density at radius 3 is 2.48 bits per heavy atom. The molecule has 1 aliphatic heterocycles. The third kappa shape index (κ3) is 5.81. The first-order valence-corrected chi connectivity index (χ1v) is 9.72. The van der Waals surface area contributed by atoms with Crippen LogP contribution in [0, 0.1) is 19.8 Å². The summed E-state index contributed by atoms with van der Waals surface area (Å²) in [6.07, 6.45) is 3.46. The Morgan fingerprint density at radius 1 is 1.22 bits per heavy atom. The molecule has 1 saturated heterocycles. The van der Waals surface area contributed by atoms with Gasteiger partial charge in [0, 0.05) is 18.7 Å². The average molecular weight is 374 g/mol. The smallest absolute Gasteiger partial charge is 0.326 e. The lowest BCUT2D eigenvalue weighted by atomic mass is 9.95. The largest absolute Gasteiger partial charge is 0.480 e. The number of amides is 2. The molecule has 2 atom stereocenters. The van der Waals surface area contributed by atoms with Crippen molar-refractivity contribution in [1.82, 2.24) is 10.2 Å². The second kappa shape index (κ2) is 9.53. The Morgan fingerprint density at radius 2 is 1.89 bits per heavy atom. The molecule has 0 bridgehead atoms. The highest BCUT2D eigenvalue weighted by molar-refractivity contribution is 5.95. The Bertz CT molecular complexity index is 681. The van der Waals surface area contributed by atoms with Crippen LogP contribution in [-0.4, -0.2) is 46.9 Å². The molecule has 1 aromatic rings. The molecule has 1 heterocycles. The quantitative estimate of drug-likeness (QED) is 0.768. The fourth-order valence-corrected chi connectivity index (χ4v) is 3.61. The molecule has 1 aromatic carbocycles. The normalized spacial score (nSPS) is 18.0. The van der Waals surface area contributed by atoms with Gasteiger partial charge < -0.3 is 15.3 Å². The third-order valence-electron chi connectivity index (χ3n) is 5.01. The highest BCUT2D eigenvalue weighted by Crippen LogP contribution is 2.20. The van der Waals surface area contributed by atoms with E-state index >= 15 is 0 Å². The van der Waals surface area contributed by atoms with Crippen molar-refractivity contribution in [2.24, 2.45) is 5.92 Å². The average Bonchev–Trinajstić information content (AvgIpc) is 2.63. The molecule has 0 saturated carbocycles. The van der Waals surface area contributed by atoms with Gasteiger partial charge in [-0.1, -0.05) is 37.0 Å². The Labute approximate surface area is 160 Å². The van der Waals surface area contributed by atoms with Gasteiger partial charge in [-0.25, -0.2) is 4.79 Å². The maximum Gasteiger partial charge on any atom is 0.326 e. The van der Waals surface area contributed by atoms with Gasteiger partial charge in [0.1, 0.15) is 6.04 Å². The summed E-state index contributed by atoms with van der Waals surface area (Å²) in [6, 6.07) is 4.89. The molecule has 2 amide bonds. The lowest BCUT2D eigenvalue weighted by Gasteiger charge is -2.32. The van der Waals surface area contributed by atoms with E-state index in [-0.39, 0.29) is 17.7 Å². The van der Waals surface area contributed by atoms with Crippen LogP contribution in [0.15, 0.2) is 18.2 Å². The zero-order chi connectivity index (χ0) is 20.0. The molecule has 6 nitrogen and oxygen atoms in total. The van der Waals surface area contributed by atoms with Gasteiger partial charge in [-0.2, -0.15) is 0 Å². The number of carbonyl (C=O) groups is 3. The van der Waals surface area contributed by atoms with Gasteiger partial charge in [0.25, 0.3) is 5.91 Å². The zero-order valence-corrected chi connectivity index (χ0v) is 16.5. The van der Waals surface area contributed by atoms with E-state index in [2.05, 4.69) is 5.32 Å². The SMILES string of the molecule is CCCCC(NC(=O)C1CCCN(C(=O)c2cc(C)cc(C)c2)C1)C(=O)O. The molecule has 27 heavy (non-hydrogen) atoms. The second-order valence-corrected chi connectivity index (χ2v) is 7.51. The van der Waals surface area contributed by atoms with E-state index in [0.29, 0.717) is 31.5 Å². The molecular weight excluding hydrogens is 344 g/mol. The minimum absolute atomic E-state index is 0.0694. The van der Waals surface area contributed by atoms with Crippen LogP contribution in [0.5, 0.6) is 0 Å². The molecular formula is C21H30N2O4. The number of piperidine rings is 1. The summed E-state index contributed by atoms with van der Waals surface area (Å²) in [7, 11) is 0. The van der Waals surface area contributed by atoms with Crippen molar-refractivity contribution in [3.63, 3.8) is 0 Å². The van der Waals surface area contributed by atoms with E-state index in [9.17, 15) is 19.5 Å². The van der Waals surface area contributed by atoms with Gasteiger partial charge in [0.05, 0.1) is 5.92 Å². The number of carbonyl (C=O) groups excluding carboxylic acids is 2. The number of nitrogens with one attached hydrogen (secondary N) is 1. The van der Waals surface area contributed by atoms with E-state index in [1.165, 1.54) is 0 Å². The predicted molar refractivity (Wildman–Crippen MR) is 104 cm³/mol. The van der Waals surface area contributed by atoms with Crippen molar-refractivity contribution in [2.75, 3.05) is 13.1 Å². The Hall–Kier alpha value is -2.37. The van der Waals surface area contributed by atoms with Crippen LogP contribution >= 0.6 is 0 Å². The molecule has 0 aliphatic carbocycles. The summed E-state index contributed by atoms with van der Waals surface area (Å²) < 4.78 is 0. The molecule has 0 spiro atoms. The van der Waals surface area contributed by atoms with E-state index in [1.807, 2.05) is 39.0 Å². The fourth-order valence-electron chi connectivity index (χ4n) is 3.61. The summed E-state index contributed by atoms with van der Waals surface area (Å²) >= 11 is 0. The van der Waals surface area contributed by atoms with Crippen LogP contribution in [0.3, 0.4) is 0 Å². The van der Waals surface area contributed by atoms with Crippen molar-refractivity contribution in [2.45, 2.75) is 58.9 Å². The number of likely N-dealkylation sites (tertiary alicyclic amines) is 1. The Balaban J connectivity index is 2.02. The first kappa shape index (κ1) is 20.9. The van der Waals surface area contributed by atoms with E-state index in [0.717, 1.165) is 30.4 Å².